The molecule has 1 aromatic carbocycles. The number of methoxy groups -OCH3 is 1. The average molecular weight is 376 g/mol. The first-order valence-electron chi connectivity index (χ1n) is 8.04. The van der Waals surface area contributed by atoms with Crippen LogP contribution in [0.2, 0.25) is 0 Å². The second-order valence-corrected chi connectivity index (χ2v) is 6.76. The van der Waals surface area contributed by atoms with Gasteiger partial charge in [-0.1, -0.05) is 6.07 Å². The number of esters is 1. The molecule has 0 aliphatic carbocycles. The van der Waals surface area contributed by atoms with Crippen LogP contribution in [0.5, 0.6) is 0 Å². The van der Waals surface area contributed by atoms with Gasteiger partial charge in [-0.25, -0.2) is 9.18 Å². The van der Waals surface area contributed by atoms with E-state index in [0.29, 0.717) is 24.3 Å². The molecule has 2 aromatic rings. The van der Waals surface area contributed by atoms with Crippen LogP contribution >= 0.6 is 11.3 Å². The highest BCUT2D eigenvalue weighted by molar-refractivity contribution is 7.12. The van der Waals surface area contributed by atoms with Crippen molar-refractivity contribution in [1.82, 2.24) is 4.90 Å². The molecule has 1 fully saturated rings. The number of anilines is 1. The van der Waals surface area contributed by atoms with Gasteiger partial charge in [0.25, 0.3) is 5.91 Å². The van der Waals surface area contributed by atoms with E-state index in [2.05, 4.69) is 10.1 Å². The molecule has 1 N–H and O–H groups in total. The lowest BCUT2D eigenvalue weighted by Crippen LogP contribution is -2.43. The van der Waals surface area contributed by atoms with Crippen molar-refractivity contribution in [2.75, 3.05) is 19.0 Å². The molecule has 2 heterocycles. The summed E-state index contributed by atoms with van der Waals surface area (Å²) in [6.45, 7) is 0.472. The number of amides is 2. The van der Waals surface area contributed by atoms with Crippen LogP contribution in [-0.4, -0.2) is 42.4 Å². The van der Waals surface area contributed by atoms with Crippen LogP contribution in [0.1, 0.15) is 32.9 Å². The van der Waals surface area contributed by atoms with E-state index in [1.807, 2.05) is 0 Å². The van der Waals surface area contributed by atoms with Gasteiger partial charge in [0.15, 0.2) is 0 Å². The number of halogens is 1. The molecule has 1 atom stereocenters. The Hall–Kier alpha value is -2.74. The molecule has 2 amide bonds. The van der Waals surface area contributed by atoms with Gasteiger partial charge < -0.3 is 15.0 Å². The first-order chi connectivity index (χ1) is 12.5. The number of benzene rings is 1. The Balaban J connectivity index is 1.77. The maximum absolute atomic E-state index is 14.0. The first-order valence-corrected chi connectivity index (χ1v) is 8.92. The maximum atomic E-state index is 14.0. The Labute approximate surface area is 153 Å². The number of rotatable bonds is 4. The van der Waals surface area contributed by atoms with Crippen LogP contribution in [0.4, 0.5) is 10.1 Å². The highest BCUT2D eigenvalue weighted by Gasteiger charge is 2.35. The van der Waals surface area contributed by atoms with Crippen LogP contribution in [0.25, 0.3) is 0 Å². The maximum Gasteiger partial charge on any atom is 0.337 e. The smallest absolute Gasteiger partial charge is 0.337 e. The summed E-state index contributed by atoms with van der Waals surface area (Å²) in [5, 5.41) is 4.29. The Morgan fingerprint density at radius 3 is 2.81 bits per heavy atom. The van der Waals surface area contributed by atoms with Crippen molar-refractivity contribution in [3.8, 4) is 0 Å². The monoisotopic (exact) mass is 376 g/mol. The van der Waals surface area contributed by atoms with Crippen molar-refractivity contribution in [3.63, 3.8) is 0 Å². The van der Waals surface area contributed by atoms with Crippen molar-refractivity contribution < 1.29 is 23.5 Å². The summed E-state index contributed by atoms with van der Waals surface area (Å²) in [5.74, 6) is -1.98. The van der Waals surface area contributed by atoms with Gasteiger partial charge in [-0.15, -0.1) is 11.3 Å². The van der Waals surface area contributed by atoms with Crippen molar-refractivity contribution >= 4 is 34.8 Å². The second-order valence-electron chi connectivity index (χ2n) is 5.81. The van der Waals surface area contributed by atoms with Crippen LogP contribution in [0.3, 0.4) is 0 Å². The predicted molar refractivity (Wildman–Crippen MR) is 94.7 cm³/mol. The molecule has 0 spiro atoms. The number of hydrogen-bond acceptors (Lipinski definition) is 5. The van der Waals surface area contributed by atoms with Gasteiger partial charge >= 0.3 is 5.97 Å². The summed E-state index contributed by atoms with van der Waals surface area (Å²) >= 11 is 1.31. The van der Waals surface area contributed by atoms with E-state index in [0.717, 1.165) is 6.07 Å². The highest BCUT2D eigenvalue weighted by atomic mass is 32.1. The van der Waals surface area contributed by atoms with Gasteiger partial charge in [0.1, 0.15) is 11.9 Å². The fraction of sp³-hybridized carbons (Fsp3) is 0.278. The number of ether oxygens (including phenoxy) is 1. The Kier molecular flexibility index (Phi) is 5.32. The zero-order valence-corrected chi connectivity index (χ0v) is 14.8. The molecule has 0 bridgehead atoms. The molecule has 8 heteroatoms. The summed E-state index contributed by atoms with van der Waals surface area (Å²) in [6, 6.07) is 6.39. The zero-order valence-electron chi connectivity index (χ0n) is 14.0. The van der Waals surface area contributed by atoms with Gasteiger partial charge in [0.05, 0.1) is 23.2 Å². The third-order valence-electron chi connectivity index (χ3n) is 4.19. The number of nitrogens with zero attached hydrogens (tertiary/aromatic N) is 1. The molecule has 1 aliphatic heterocycles. The molecule has 0 saturated carbocycles. The molecule has 1 aliphatic rings. The van der Waals surface area contributed by atoms with Crippen molar-refractivity contribution in [2.24, 2.45) is 0 Å². The quantitative estimate of drug-likeness (QED) is 0.833. The largest absolute Gasteiger partial charge is 0.465 e. The van der Waals surface area contributed by atoms with Crippen LogP contribution in [0, 0.1) is 5.82 Å². The highest BCUT2D eigenvalue weighted by Crippen LogP contribution is 2.24. The van der Waals surface area contributed by atoms with Gasteiger partial charge in [0.2, 0.25) is 5.91 Å². The Bertz CT molecular complexity index is 838. The summed E-state index contributed by atoms with van der Waals surface area (Å²) < 4.78 is 18.6. The lowest BCUT2D eigenvalue weighted by molar-refractivity contribution is -0.119. The number of carbonyl (C=O) groups is 3. The molecule has 26 heavy (non-hydrogen) atoms. The van der Waals surface area contributed by atoms with E-state index in [1.165, 1.54) is 35.5 Å². The van der Waals surface area contributed by atoms with E-state index in [1.54, 1.807) is 17.5 Å². The minimum Gasteiger partial charge on any atom is -0.465 e. The molecule has 6 nitrogen and oxygen atoms in total. The normalized spacial score (nSPS) is 16.4. The van der Waals surface area contributed by atoms with Crippen LogP contribution in [0.15, 0.2) is 35.7 Å². The van der Waals surface area contributed by atoms with E-state index < -0.39 is 23.7 Å². The van der Waals surface area contributed by atoms with Crippen LogP contribution in [-0.2, 0) is 9.53 Å². The van der Waals surface area contributed by atoms with E-state index in [-0.39, 0.29) is 17.2 Å². The number of likely N-dealkylation sites (tertiary alicyclic amines) is 1. The fourth-order valence-electron chi connectivity index (χ4n) is 2.91. The number of nitrogens with one attached hydrogen (secondary N) is 1. The SMILES string of the molecule is COC(=O)c1ccc(F)c(NC(=O)[C@H]2CCCN2C(=O)c2cccs2)c1. The van der Waals surface area contributed by atoms with Gasteiger partial charge in [-0.2, -0.15) is 0 Å². The summed E-state index contributed by atoms with van der Waals surface area (Å²) in [7, 11) is 1.22. The predicted octanol–water partition coefficient (Wildman–Crippen LogP) is 2.92. The zero-order chi connectivity index (χ0) is 18.7. The van der Waals surface area contributed by atoms with Gasteiger partial charge in [-0.3, -0.25) is 9.59 Å². The number of carbonyl (C=O) groups excluding carboxylic acids is 3. The van der Waals surface area contributed by atoms with Crippen molar-refractivity contribution in [2.45, 2.75) is 18.9 Å². The summed E-state index contributed by atoms with van der Waals surface area (Å²) in [4.78, 5) is 38.8. The fourth-order valence-corrected chi connectivity index (χ4v) is 3.59. The lowest BCUT2D eigenvalue weighted by Gasteiger charge is -2.23. The minimum absolute atomic E-state index is 0.117. The van der Waals surface area contributed by atoms with E-state index in [4.69, 9.17) is 0 Å². The third kappa shape index (κ3) is 3.60. The van der Waals surface area contributed by atoms with Crippen molar-refractivity contribution in [3.05, 3.63) is 52.0 Å². The Morgan fingerprint density at radius 1 is 1.31 bits per heavy atom. The van der Waals surface area contributed by atoms with Gasteiger partial charge in [0, 0.05) is 6.54 Å². The lowest BCUT2D eigenvalue weighted by atomic mass is 10.1. The Morgan fingerprint density at radius 2 is 2.12 bits per heavy atom. The standard InChI is InChI=1S/C18H17FN2O4S/c1-25-18(24)11-6-7-12(19)13(10-11)20-16(22)14-4-2-8-21(14)17(23)15-5-3-9-26-15/h3,5-7,9-10,14H,2,4,8H2,1H3,(H,20,22)/t14-/m1/s1. The molecular weight excluding hydrogens is 359 g/mol. The minimum atomic E-state index is -0.675. The van der Waals surface area contributed by atoms with Crippen molar-refractivity contribution in [1.29, 1.82) is 0 Å². The van der Waals surface area contributed by atoms with E-state index >= 15 is 0 Å². The van der Waals surface area contributed by atoms with Crippen LogP contribution < -0.4 is 5.32 Å². The molecule has 1 saturated heterocycles. The molecule has 1 aromatic heterocycles. The number of thiophene rings is 1. The molecule has 136 valence electrons. The molecular formula is C18H17FN2O4S. The van der Waals surface area contributed by atoms with Gasteiger partial charge in [-0.05, 0) is 42.5 Å². The average Bonchev–Trinajstić information content (AvgIpc) is 3.34. The second kappa shape index (κ2) is 7.65. The summed E-state index contributed by atoms with van der Waals surface area (Å²) in [5.41, 5.74) is 0.00969. The van der Waals surface area contributed by atoms with E-state index in [9.17, 15) is 18.8 Å². The summed E-state index contributed by atoms with van der Waals surface area (Å²) in [6.07, 6.45) is 1.20. The molecule has 0 unspecified atom stereocenters. The first kappa shape index (κ1) is 18.1. The topological polar surface area (TPSA) is 75.7 Å². The molecule has 0 radical (unpaired) electrons. The third-order valence-corrected chi connectivity index (χ3v) is 5.05. The molecule has 3 rings (SSSR count). The number of hydrogen-bond donors (Lipinski definition) is 1.